The van der Waals surface area contributed by atoms with Crippen LogP contribution in [0.2, 0.25) is 5.02 Å². The molecule has 1 aromatic rings. The smallest absolute Gasteiger partial charge is 0.326 e. The summed E-state index contributed by atoms with van der Waals surface area (Å²) in [6.07, 6.45) is 3.69. The summed E-state index contributed by atoms with van der Waals surface area (Å²) in [5.41, 5.74) is 0.737. The lowest BCUT2D eigenvalue weighted by atomic mass is 9.85. The van der Waals surface area contributed by atoms with E-state index in [0.29, 0.717) is 17.9 Å². The predicted octanol–water partition coefficient (Wildman–Crippen LogP) is 1.84. The number of imide groups is 1. The Hall–Kier alpha value is -2.67. The number of hydrogen-bond acceptors (Lipinski definition) is 5. The summed E-state index contributed by atoms with van der Waals surface area (Å²) in [4.78, 5) is 50.0. The van der Waals surface area contributed by atoms with Crippen LogP contribution in [-0.4, -0.2) is 41.2 Å². The fourth-order valence-corrected chi connectivity index (χ4v) is 3.61. The molecule has 8 heteroatoms. The molecule has 148 valence electrons. The monoisotopic (exact) mass is 404 g/mol. The molecule has 1 heterocycles. The number of carbonyl (C=O) groups excluding carboxylic acids is 4. The molecule has 0 spiro atoms. The van der Waals surface area contributed by atoms with Crippen LogP contribution in [0.15, 0.2) is 36.4 Å². The quantitative estimate of drug-likeness (QED) is 0.443. The second-order valence-electron chi connectivity index (χ2n) is 6.86. The summed E-state index contributed by atoms with van der Waals surface area (Å²) >= 11 is 6.04. The van der Waals surface area contributed by atoms with Crippen LogP contribution < -0.4 is 5.32 Å². The van der Waals surface area contributed by atoms with Gasteiger partial charge < -0.3 is 10.1 Å². The number of nitrogens with zero attached hydrogens (tertiary/aromatic N) is 1. The average molecular weight is 405 g/mol. The van der Waals surface area contributed by atoms with Crippen molar-refractivity contribution >= 4 is 35.3 Å². The van der Waals surface area contributed by atoms with E-state index in [4.69, 9.17) is 16.3 Å². The Labute approximate surface area is 167 Å². The molecule has 3 amide bonds. The van der Waals surface area contributed by atoms with Gasteiger partial charge in [-0.25, -0.2) is 0 Å². The van der Waals surface area contributed by atoms with Gasteiger partial charge in [0.25, 0.3) is 5.91 Å². The van der Waals surface area contributed by atoms with Gasteiger partial charge in [0, 0.05) is 11.6 Å². The fourth-order valence-electron chi connectivity index (χ4n) is 3.41. The molecule has 0 aromatic heterocycles. The SMILES string of the molecule is C[C@@H](OC(=O)CN1C(=O)[C@H]2CC=CC[C@@H]2C1=O)C(=O)NCc1ccccc1Cl. The first-order valence-electron chi connectivity index (χ1n) is 9.09. The van der Waals surface area contributed by atoms with E-state index in [1.807, 2.05) is 12.2 Å². The largest absolute Gasteiger partial charge is 0.451 e. The summed E-state index contributed by atoms with van der Waals surface area (Å²) in [5, 5.41) is 3.16. The predicted molar refractivity (Wildman–Crippen MR) is 101 cm³/mol. The van der Waals surface area contributed by atoms with Crippen molar-refractivity contribution in [2.75, 3.05) is 6.54 Å². The number of benzene rings is 1. The number of nitrogens with one attached hydrogen (secondary N) is 1. The van der Waals surface area contributed by atoms with Crippen LogP contribution in [0.1, 0.15) is 25.3 Å². The summed E-state index contributed by atoms with van der Waals surface area (Å²) in [7, 11) is 0. The van der Waals surface area contributed by atoms with Crippen LogP contribution in [0.25, 0.3) is 0 Å². The number of ether oxygens (including phenoxy) is 1. The molecule has 3 rings (SSSR count). The van der Waals surface area contributed by atoms with Gasteiger partial charge in [-0.1, -0.05) is 42.0 Å². The Kier molecular flexibility index (Phi) is 6.14. The van der Waals surface area contributed by atoms with E-state index in [1.165, 1.54) is 6.92 Å². The molecule has 3 atom stereocenters. The number of hydrogen-bond donors (Lipinski definition) is 1. The lowest BCUT2D eigenvalue weighted by molar-refractivity contribution is -0.159. The first-order chi connectivity index (χ1) is 13.4. The number of allylic oxidation sites excluding steroid dienone is 2. The summed E-state index contributed by atoms with van der Waals surface area (Å²) in [6.45, 7) is 1.14. The topological polar surface area (TPSA) is 92.8 Å². The number of likely N-dealkylation sites (tertiary alicyclic amines) is 1. The minimum absolute atomic E-state index is 0.194. The molecule has 2 aliphatic rings. The molecule has 7 nitrogen and oxygen atoms in total. The van der Waals surface area contributed by atoms with Gasteiger partial charge in [0.05, 0.1) is 11.8 Å². The number of esters is 1. The maximum absolute atomic E-state index is 12.4. The third-order valence-electron chi connectivity index (χ3n) is 4.97. The minimum atomic E-state index is -1.06. The van der Waals surface area contributed by atoms with Crippen molar-refractivity contribution in [1.29, 1.82) is 0 Å². The normalized spacial score (nSPS) is 22.0. The van der Waals surface area contributed by atoms with Gasteiger partial charge in [-0.15, -0.1) is 0 Å². The molecule has 1 saturated heterocycles. The second-order valence-corrected chi connectivity index (χ2v) is 7.27. The Morgan fingerprint density at radius 1 is 1.18 bits per heavy atom. The van der Waals surface area contributed by atoms with Crippen molar-refractivity contribution in [3.05, 3.63) is 47.0 Å². The van der Waals surface area contributed by atoms with E-state index in [9.17, 15) is 19.2 Å². The minimum Gasteiger partial charge on any atom is -0.451 e. The van der Waals surface area contributed by atoms with Crippen molar-refractivity contribution in [3.63, 3.8) is 0 Å². The van der Waals surface area contributed by atoms with Crippen LogP contribution in [0.5, 0.6) is 0 Å². The van der Waals surface area contributed by atoms with E-state index in [-0.39, 0.29) is 18.4 Å². The Bertz CT molecular complexity index is 812. The van der Waals surface area contributed by atoms with Gasteiger partial charge in [-0.05, 0) is 31.4 Å². The standard InChI is InChI=1S/C20H21ClN2O5/c1-12(18(25)22-10-13-6-2-5-9-16(13)21)28-17(24)11-23-19(26)14-7-3-4-8-15(14)20(23)27/h2-6,9,12,14-15H,7-8,10-11H2,1H3,(H,22,25)/t12-,14+,15+/m1/s1. The fraction of sp³-hybridized carbons (Fsp3) is 0.400. The molecule has 28 heavy (non-hydrogen) atoms. The zero-order valence-electron chi connectivity index (χ0n) is 15.4. The number of carbonyl (C=O) groups is 4. The van der Waals surface area contributed by atoms with Crippen molar-refractivity contribution in [3.8, 4) is 0 Å². The molecule has 0 radical (unpaired) electrons. The van der Waals surface area contributed by atoms with E-state index < -0.39 is 36.4 Å². The number of halogens is 1. The molecule has 1 aromatic carbocycles. The van der Waals surface area contributed by atoms with Gasteiger partial charge >= 0.3 is 5.97 Å². The second kappa shape index (κ2) is 8.56. The number of fused-ring (bicyclic) bond motifs is 1. The zero-order valence-corrected chi connectivity index (χ0v) is 16.1. The number of amides is 3. The van der Waals surface area contributed by atoms with Crippen molar-refractivity contribution < 1.29 is 23.9 Å². The molecular formula is C20H21ClN2O5. The molecule has 1 fully saturated rings. The number of rotatable bonds is 6. The maximum Gasteiger partial charge on any atom is 0.326 e. The van der Waals surface area contributed by atoms with Crippen molar-refractivity contribution in [1.82, 2.24) is 10.2 Å². The third-order valence-corrected chi connectivity index (χ3v) is 5.34. The van der Waals surface area contributed by atoms with Gasteiger partial charge in [0.2, 0.25) is 11.8 Å². The lowest BCUT2D eigenvalue weighted by Crippen LogP contribution is -2.40. The lowest BCUT2D eigenvalue weighted by Gasteiger charge is -2.17. The molecule has 0 bridgehead atoms. The van der Waals surface area contributed by atoms with Crippen LogP contribution in [0.3, 0.4) is 0 Å². The van der Waals surface area contributed by atoms with Crippen LogP contribution in [0, 0.1) is 11.8 Å². The van der Waals surface area contributed by atoms with Crippen LogP contribution in [0.4, 0.5) is 0 Å². The molecular weight excluding hydrogens is 384 g/mol. The first kappa shape index (κ1) is 20.1. The van der Waals surface area contributed by atoms with E-state index >= 15 is 0 Å². The van der Waals surface area contributed by atoms with Gasteiger partial charge in [-0.2, -0.15) is 0 Å². The molecule has 1 N–H and O–H groups in total. The summed E-state index contributed by atoms with van der Waals surface area (Å²) in [5.74, 6) is -2.80. The molecule has 1 aliphatic heterocycles. The Balaban J connectivity index is 1.50. The highest BCUT2D eigenvalue weighted by Gasteiger charge is 2.47. The summed E-state index contributed by atoms with van der Waals surface area (Å²) < 4.78 is 5.10. The van der Waals surface area contributed by atoms with E-state index in [0.717, 1.165) is 10.5 Å². The highest BCUT2D eigenvalue weighted by atomic mass is 35.5. The highest BCUT2D eigenvalue weighted by molar-refractivity contribution is 6.31. The maximum atomic E-state index is 12.4. The third kappa shape index (κ3) is 4.25. The van der Waals surface area contributed by atoms with Crippen molar-refractivity contribution in [2.45, 2.75) is 32.4 Å². The Morgan fingerprint density at radius 2 is 1.79 bits per heavy atom. The molecule has 0 saturated carbocycles. The average Bonchev–Trinajstić information content (AvgIpc) is 2.92. The van der Waals surface area contributed by atoms with Crippen molar-refractivity contribution in [2.24, 2.45) is 11.8 Å². The van der Waals surface area contributed by atoms with Crippen LogP contribution >= 0.6 is 11.6 Å². The van der Waals surface area contributed by atoms with Gasteiger partial charge in [0.15, 0.2) is 6.10 Å². The van der Waals surface area contributed by atoms with Gasteiger partial charge in [-0.3, -0.25) is 24.1 Å². The van der Waals surface area contributed by atoms with E-state index in [2.05, 4.69) is 5.32 Å². The van der Waals surface area contributed by atoms with E-state index in [1.54, 1.807) is 24.3 Å². The van der Waals surface area contributed by atoms with Gasteiger partial charge in [0.1, 0.15) is 6.54 Å². The van der Waals surface area contributed by atoms with Crippen LogP contribution in [-0.2, 0) is 30.5 Å². The summed E-state index contributed by atoms with van der Waals surface area (Å²) in [6, 6.07) is 7.07. The molecule has 0 unspecified atom stereocenters. The molecule has 1 aliphatic carbocycles. The highest BCUT2D eigenvalue weighted by Crippen LogP contribution is 2.34. The zero-order chi connectivity index (χ0) is 20.3. The Morgan fingerprint density at radius 3 is 2.39 bits per heavy atom. The first-order valence-corrected chi connectivity index (χ1v) is 9.47.